The van der Waals surface area contributed by atoms with E-state index in [4.69, 9.17) is 0 Å². The first kappa shape index (κ1) is 11.3. The third-order valence-electron chi connectivity index (χ3n) is 1.65. The third kappa shape index (κ3) is 2.61. The standard InChI is InChI=1S/C10H8BrF3/c1-6(5-11)2-7-3-9(13)10(14)4-8(7)12/h2-4H,5H2,1H3/b6-2-. The van der Waals surface area contributed by atoms with Crippen molar-refractivity contribution in [3.8, 4) is 0 Å². The Hall–Kier alpha value is -0.770. The van der Waals surface area contributed by atoms with Gasteiger partial charge in [-0.15, -0.1) is 0 Å². The van der Waals surface area contributed by atoms with Gasteiger partial charge in [-0.05, 0) is 13.0 Å². The average Bonchev–Trinajstić information content (AvgIpc) is 2.14. The summed E-state index contributed by atoms with van der Waals surface area (Å²) in [5, 5.41) is 0.561. The minimum atomic E-state index is -1.17. The maximum absolute atomic E-state index is 13.1. The van der Waals surface area contributed by atoms with Gasteiger partial charge < -0.3 is 0 Å². The molecule has 0 saturated heterocycles. The van der Waals surface area contributed by atoms with Gasteiger partial charge in [0.1, 0.15) is 5.82 Å². The van der Waals surface area contributed by atoms with E-state index in [0.717, 1.165) is 11.6 Å². The van der Waals surface area contributed by atoms with Gasteiger partial charge in [0.05, 0.1) is 0 Å². The lowest BCUT2D eigenvalue weighted by atomic mass is 10.1. The Bertz CT molecular complexity index is 372. The summed E-state index contributed by atoms with van der Waals surface area (Å²) in [6.45, 7) is 1.76. The van der Waals surface area contributed by atoms with Crippen molar-refractivity contribution >= 4 is 22.0 Å². The fourth-order valence-corrected chi connectivity index (χ4v) is 1.11. The molecule has 0 aliphatic heterocycles. The molecule has 0 N–H and O–H groups in total. The van der Waals surface area contributed by atoms with Crippen LogP contribution >= 0.6 is 15.9 Å². The SMILES string of the molecule is C/C(=C/c1cc(F)c(F)cc1F)CBr. The molecule has 76 valence electrons. The van der Waals surface area contributed by atoms with E-state index in [1.54, 1.807) is 6.92 Å². The minimum absolute atomic E-state index is 0.0563. The van der Waals surface area contributed by atoms with Gasteiger partial charge in [0.25, 0.3) is 0 Å². The van der Waals surface area contributed by atoms with Gasteiger partial charge in [0.2, 0.25) is 0 Å². The van der Waals surface area contributed by atoms with Crippen LogP contribution in [0.25, 0.3) is 6.08 Å². The predicted molar refractivity (Wildman–Crippen MR) is 53.8 cm³/mol. The van der Waals surface area contributed by atoms with Crippen LogP contribution in [-0.4, -0.2) is 5.33 Å². The van der Waals surface area contributed by atoms with E-state index >= 15 is 0 Å². The monoisotopic (exact) mass is 264 g/mol. The summed E-state index contributed by atoms with van der Waals surface area (Å²) in [5.74, 6) is -2.97. The number of benzene rings is 1. The lowest BCUT2D eigenvalue weighted by Crippen LogP contribution is -1.91. The van der Waals surface area contributed by atoms with Crippen molar-refractivity contribution in [3.63, 3.8) is 0 Å². The number of halogens is 4. The van der Waals surface area contributed by atoms with Gasteiger partial charge in [-0.3, -0.25) is 0 Å². The van der Waals surface area contributed by atoms with Crippen molar-refractivity contribution in [1.29, 1.82) is 0 Å². The highest BCUT2D eigenvalue weighted by Gasteiger charge is 2.07. The highest BCUT2D eigenvalue weighted by Crippen LogP contribution is 2.17. The van der Waals surface area contributed by atoms with Crippen molar-refractivity contribution in [1.82, 2.24) is 0 Å². The normalized spacial score (nSPS) is 11.9. The molecule has 0 aromatic heterocycles. The molecule has 0 radical (unpaired) electrons. The van der Waals surface area contributed by atoms with E-state index in [2.05, 4.69) is 15.9 Å². The molecule has 1 aromatic carbocycles. The minimum Gasteiger partial charge on any atom is -0.206 e. The first-order chi connectivity index (χ1) is 6.54. The second kappa shape index (κ2) is 4.64. The van der Waals surface area contributed by atoms with Crippen LogP contribution in [0, 0.1) is 17.5 Å². The molecule has 0 unspecified atom stereocenters. The van der Waals surface area contributed by atoms with Gasteiger partial charge in [0, 0.05) is 17.0 Å². The fourth-order valence-electron chi connectivity index (χ4n) is 0.953. The molecule has 1 rings (SSSR count). The third-order valence-corrected chi connectivity index (χ3v) is 2.54. The Balaban J connectivity index is 3.16. The van der Waals surface area contributed by atoms with Crippen LogP contribution in [-0.2, 0) is 0 Å². The number of rotatable bonds is 2. The van der Waals surface area contributed by atoms with E-state index in [1.807, 2.05) is 0 Å². The summed E-state index contributed by atoms with van der Waals surface area (Å²) < 4.78 is 38.3. The van der Waals surface area contributed by atoms with E-state index < -0.39 is 17.5 Å². The van der Waals surface area contributed by atoms with E-state index in [9.17, 15) is 13.2 Å². The molecular formula is C10H8BrF3. The van der Waals surface area contributed by atoms with Gasteiger partial charge >= 0.3 is 0 Å². The molecular weight excluding hydrogens is 257 g/mol. The number of hydrogen-bond acceptors (Lipinski definition) is 0. The summed E-state index contributed by atoms with van der Waals surface area (Å²) in [7, 11) is 0. The quantitative estimate of drug-likeness (QED) is 0.562. The van der Waals surface area contributed by atoms with E-state index in [0.29, 0.717) is 11.4 Å². The second-order valence-corrected chi connectivity index (χ2v) is 3.47. The van der Waals surface area contributed by atoms with Crippen molar-refractivity contribution in [2.24, 2.45) is 0 Å². The number of alkyl halides is 1. The summed E-state index contributed by atoms with van der Waals surface area (Å²) in [5.41, 5.74) is 0.885. The van der Waals surface area contributed by atoms with Gasteiger partial charge in [0.15, 0.2) is 11.6 Å². The zero-order valence-electron chi connectivity index (χ0n) is 7.45. The average molecular weight is 265 g/mol. The zero-order valence-corrected chi connectivity index (χ0v) is 9.04. The van der Waals surface area contributed by atoms with Crippen LogP contribution in [0.1, 0.15) is 12.5 Å². The van der Waals surface area contributed by atoms with Gasteiger partial charge in [-0.2, -0.15) is 0 Å². The highest BCUT2D eigenvalue weighted by atomic mass is 79.9. The molecule has 0 spiro atoms. The van der Waals surface area contributed by atoms with Crippen LogP contribution in [0.4, 0.5) is 13.2 Å². The molecule has 0 fully saturated rings. The maximum Gasteiger partial charge on any atom is 0.161 e. The molecule has 0 amide bonds. The van der Waals surface area contributed by atoms with Crippen molar-refractivity contribution in [2.75, 3.05) is 5.33 Å². The molecule has 14 heavy (non-hydrogen) atoms. The van der Waals surface area contributed by atoms with Crippen LogP contribution in [0.15, 0.2) is 17.7 Å². The molecule has 0 aliphatic carbocycles. The fraction of sp³-hybridized carbons (Fsp3) is 0.200. The van der Waals surface area contributed by atoms with Gasteiger partial charge in [-0.1, -0.05) is 27.6 Å². The van der Waals surface area contributed by atoms with Crippen LogP contribution < -0.4 is 0 Å². The number of allylic oxidation sites excluding steroid dienone is 1. The molecule has 0 heterocycles. The zero-order chi connectivity index (χ0) is 10.7. The Morgan fingerprint density at radius 1 is 1.21 bits per heavy atom. The van der Waals surface area contributed by atoms with E-state index in [-0.39, 0.29) is 5.56 Å². The lowest BCUT2D eigenvalue weighted by Gasteiger charge is -2.00. The van der Waals surface area contributed by atoms with Crippen molar-refractivity contribution < 1.29 is 13.2 Å². The predicted octanol–water partition coefficient (Wildman–Crippen LogP) is 3.90. The Morgan fingerprint density at radius 3 is 2.36 bits per heavy atom. The molecule has 4 heteroatoms. The van der Waals surface area contributed by atoms with Crippen LogP contribution in [0.5, 0.6) is 0 Å². The van der Waals surface area contributed by atoms with Crippen LogP contribution in [0.3, 0.4) is 0 Å². The molecule has 0 nitrogen and oxygen atoms in total. The maximum atomic E-state index is 13.1. The summed E-state index contributed by atoms with van der Waals surface area (Å²) in [6.07, 6.45) is 1.46. The molecule has 1 aromatic rings. The Kier molecular flexibility index (Phi) is 3.75. The lowest BCUT2D eigenvalue weighted by molar-refractivity contribution is 0.494. The summed E-state index contributed by atoms with van der Waals surface area (Å²) in [4.78, 5) is 0. The number of hydrogen-bond donors (Lipinski definition) is 0. The first-order valence-corrected chi connectivity index (χ1v) is 5.04. The Labute approximate surface area is 88.6 Å². The molecule has 0 atom stereocenters. The molecule has 0 saturated carbocycles. The van der Waals surface area contributed by atoms with Gasteiger partial charge in [-0.25, -0.2) is 13.2 Å². The second-order valence-electron chi connectivity index (χ2n) is 2.91. The Morgan fingerprint density at radius 2 is 1.79 bits per heavy atom. The molecule has 0 aliphatic rings. The topological polar surface area (TPSA) is 0 Å². The van der Waals surface area contributed by atoms with E-state index in [1.165, 1.54) is 6.08 Å². The van der Waals surface area contributed by atoms with Crippen molar-refractivity contribution in [2.45, 2.75) is 6.92 Å². The van der Waals surface area contributed by atoms with Crippen LogP contribution in [0.2, 0.25) is 0 Å². The van der Waals surface area contributed by atoms with Crippen molar-refractivity contribution in [3.05, 3.63) is 40.7 Å². The molecule has 0 bridgehead atoms. The summed E-state index contributed by atoms with van der Waals surface area (Å²) >= 11 is 3.17. The highest BCUT2D eigenvalue weighted by molar-refractivity contribution is 9.09. The first-order valence-electron chi connectivity index (χ1n) is 3.92. The smallest absolute Gasteiger partial charge is 0.161 e. The largest absolute Gasteiger partial charge is 0.206 e. The summed E-state index contributed by atoms with van der Waals surface area (Å²) in [6, 6.07) is 1.39.